The molecule has 0 aliphatic carbocycles. The number of aldehydes is 1. The molecule has 0 spiro atoms. The standard InChI is InChI=1S/C6H5BrN2O/c7-5(3-10)6-1-2-8-4-9-6/h1-5H. The summed E-state index contributed by atoms with van der Waals surface area (Å²) in [5.41, 5.74) is 0.685. The van der Waals surface area contributed by atoms with Gasteiger partial charge < -0.3 is 4.79 Å². The summed E-state index contributed by atoms with van der Waals surface area (Å²) in [5.74, 6) is 0. The molecule has 0 aliphatic rings. The lowest BCUT2D eigenvalue weighted by Crippen LogP contribution is -1.93. The van der Waals surface area contributed by atoms with Crippen molar-refractivity contribution >= 4 is 22.2 Å². The molecule has 10 heavy (non-hydrogen) atoms. The van der Waals surface area contributed by atoms with E-state index in [-0.39, 0.29) is 4.83 Å². The lowest BCUT2D eigenvalue weighted by atomic mass is 10.3. The van der Waals surface area contributed by atoms with Gasteiger partial charge in [0.2, 0.25) is 0 Å². The normalized spacial score (nSPS) is 12.5. The second-order valence-electron chi connectivity index (χ2n) is 1.67. The molecular formula is C6H5BrN2O. The highest BCUT2D eigenvalue weighted by Gasteiger charge is 2.04. The van der Waals surface area contributed by atoms with Gasteiger partial charge in [0, 0.05) is 6.20 Å². The van der Waals surface area contributed by atoms with E-state index >= 15 is 0 Å². The lowest BCUT2D eigenvalue weighted by molar-refractivity contribution is -0.107. The van der Waals surface area contributed by atoms with Crippen molar-refractivity contribution in [2.75, 3.05) is 0 Å². The number of nitrogens with zero attached hydrogens (tertiary/aromatic N) is 2. The topological polar surface area (TPSA) is 42.9 Å². The van der Waals surface area contributed by atoms with Crippen molar-refractivity contribution < 1.29 is 4.79 Å². The van der Waals surface area contributed by atoms with E-state index in [1.165, 1.54) is 6.33 Å². The Morgan fingerprint density at radius 2 is 2.50 bits per heavy atom. The molecule has 1 aromatic heterocycles. The minimum absolute atomic E-state index is 0.310. The van der Waals surface area contributed by atoms with Crippen LogP contribution in [-0.2, 0) is 4.79 Å². The zero-order valence-electron chi connectivity index (χ0n) is 5.07. The van der Waals surface area contributed by atoms with Gasteiger partial charge in [-0.05, 0) is 6.07 Å². The van der Waals surface area contributed by atoms with Gasteiger partial charge in [-0.15, -0.1) is 0 Å². The summed E-state index contributed by atoms with van der Waals surface area (Å²) in [6.07, 6.45) is 3.79. The van der Waals surface area contributed by atoms with E-state index in [2.05, 4.69) is 25.9 Å². The zero-order valence-corrected chi connectivity index (χ0v) is 6.65. The number of alkyl halides is 1. The predicted octanol–water partition coefficient (Wildman–Crippen LogP) is 1.11. The van der Waals surface area contributed by atoms with E-state index < -0.39 is 0 Å². The van der Waals surface area contributed by atoms with Crippen LogP contribution in [0.25, 0.3) is 0 Å². The number of hydrogen-bond acceptors (Lipinski definition) is 3. The van der Waals surface area contributed by atoms with Crippen LogP contribution in [0.15, 0.2) is 18.6 Å². The summed E-state index contributed by atoms with van der Waals surface area (Å²) in [5, 5.41) is 0. The summed E-state index contributed by atoms with van der Waals surface area (Å²) < 4.78 is 0. The van der Waals surface area contributed by atoms with Gasteiger partial charge in [-0.25, -0.2) is 9.97 Å². The summed E-state index contributed by atoms with van der Waals surface area (Å²) in [4.78, 5) is 17.5. The first kappa shape index (κ1) is 7.34. The fourth-order valence-electron chi connectivity index (χ4n) is 0.534. The van der Waals surface area contributed by atoms with Crippen molar-refractivity contribution in [1.29, 1.82) is 0 Å². The average Bonchev–Trinajstić information content (AvgIpc) is 2.05. The Hall–Kier alpha value is -0.770. The van der Waals surface area contributed by atoms with E-state index in [0.29, 0.717) is 5.69 Å². The van der Waals surface area contributed by atoms with E-state index in [0.717, 1.165) is 6.29 Å². The maximum Gasteiger partial charge on any atom is 0.139 e. The quantitative estimate of drug-likeness (QED) is 0.531. The molecule has 0 aliphatic heterocycles. The van der Waals surface area contributed by atoms with Crippen molar-refractivity contribution in [2.24, 2.45) is 0 Å². The van der Waals surface area contributed by atoms with Crippen molar-refractivity contribution in [3.63, 3.8) is 0 Å². The lowest BCUT2D eigenvalue weighted by Gasteiger charge is -1.96. The average molecular weight is 201 g/mol. The molecular weight excluding hydrogens is 196 g/mol. The van der Waals surface area contributed by atoms with E-state index in [4.69, 9.17) is 0 Å². The molecule has 0 fully saturated rings. The minimum atomic E-state index is -0.310. The third-order valence-electron chi connectivity index (χ3n) is 1.01. The fourth-order valence-corrected chi connectivity index (χ4v) is 0.805. The largest absolute Gasteiger partial charge is 0.302 e. The molecule has 3 nitrogen and oxygen atoms in total. The van der Waals surface area contributed by atoms with Gasteiger partial charge in [0.05, 0.1) is 5.69 Å². The summed E-state index contributed by atoms with van der Waals surface area (Å²) in [6.45, 7) is 0. The summed E-state index contributed by atoms with van der Waals surface area (Å²) in [7, 11) is 0. The van der Waals surface area contributed by atoms with Crippen LogP contribution in [-0.4, -0.2) is 16.3 Å². The Balaban J connectivity index is 2.84. The second kappa shape index (κ2) is 3.41. The maximum absolute atomic E-state index is 10.2. The first-order valence-electron chi connectivity index (χ1n) is 2.70. The number of halogens is 1. The number of carbonyl (C=O) groups is 1. The second-order valence-corrected chi connectivity index (χ2v) is 2.66. The first-order chi connectivity index (χ1) is 4.84. The Labute approximate surface area is 66.6 Å². The molecule has 52 valence electrons. The van der Waals surface area contributed by atoms with Crippen molar-refractivity contribution in [2.45, 2.75) is 4.83 Å². The predicted molar refractivity (Wildman–Crippen MR) is 39.8 cm³/mol. The van der Waals surface area contributed by atoms with E-state index in [9.17, 15) is 4.79 Å². The van der Waals surface area contributed by atoms with Crippen LogP contribution < -0.4 is 0 Å². The molecule has 1 aromatic rings. The molecule has 0 saturated carbocycles. The molecule has 1 heterocycles. The molecule has 0 N–H and O–H groups in total. The van der Waals surface area contributed by atoms with Crippen LogP contribution in [0.1, 0.15) is 10.5 Å². The van der Waals surface area contributed by atoms with Gasteiger partial charge >= 0.3 is 0 Å². The van der Waals surface area contributed by atoms with Gasteiger partial charge in [-0.3, -0.25) is 0 Å². The molecule has 1 unspecified atom stereocenters. The highest BCUT2D eigenvalue weighted by atomic mass is 79.9. The summed E-state index contributed by atoms with van der Waals surface area (Å²) in [6, 6.07) is 1.69. The smallest absolute Gasteiger partial charge is 0.139 e. The van der Waals surface area contributed by atoms with Gasteiger partial charge in [0.1, 0.15) is 17.4 Å². The Morgan fingerprint density at radius 3 is 3.00 bits per heavy atom. The number of hydrogen-bond donors (Lipinski definition) is 0. The van der Waals surface area contributed by atoms with Crippen LogP contribution in [0, 0.1) is 0 Å². The van der Waals surface area contributed by atoms with Crippen LogP contribution >= 0.6 is 15.9 Å². The Morgan fingerprint density at radius 1 is 1.70 bits per heavy atom. The molecule has 0 saturated heterocycles. The zero-order chi connectivity index (χ0) is 7.40. The minimum Gasteiger partial charge on any atom is -0.302 e. The number of aromatic nitrogens is 2. The van der Waals surface area contributed by atoms with Crippen LogP contribution in [0.5, 0.6) is 0 Å². The summed E-state index contributed by atoms with van der Waals surface area (Å²) >= 11 is 3.13. The third kappa shape index (κ3) is 1.60. The molecule has 4 heteroatoms. The van der Waals surface area contributed by atoms with Crippen LogP contribution in [0.2, 0.25) is 0 Å². The molecule has 0 bridgehead atoms. The molecule has 1 atom stereocenters. The van der Waals surface area contributed by atoms with E-state index in [1.807, 2.05) is 0 Å². The van der Waals surface area contributed by atoms with Crippen molar-refractivity contribution in [3.05, 3.63) is 24.3 Å². The van der Waals surface area contributed by atoms with Gasteiger partial charge in [-0.2, -0.15) is 0 Å². The van der Waals surface area contributed by atoms with Crippen LogP contribution in [0.4, 0.5) is 0 Å². The molecule has 0 radical (unpaired) electrons. The Kier molecular flexibility index (Phi) is 2.50. The Bertz CT molecular complexity index is 214. The van der Waals surface area contributed by atoms with Gasteiger partial charge in [0.25, 0.3) is 0 Å². The molecule has 0 aromatic carbocycles. The molecule has 1 rings (SSSR count). The number of carbonyl (C=O) groups excluding carboxylic acids is 1. The van der Waals surface area contributed by atoms with Gasteiger partial charge in [-0.1, -0.05) is 15.9 Å². The third-order valence-corrected chi connectivity index (χ3v) is 1.69. The monoisotopic (exact) mass is 200 g/mol. The highest BCUT2D eigenvalue weighted by molar-refractivity contribution is 9.09. The number of rotatable bonds is 2. The van der Waals surface area contributed by atoms with Crippen molar-refractivity contribution in [3.8, 4) is 0 Å². The van der Waals surface area contributed by atoms with E-state index in [1.54, 1.807) is 12.3 Å². The maximum atomic E-state index is 10.2. The van der Waals surface area contributed by atoms with Gasteiger partial charge in [0.15, 0.2) is 0 Å². The van der Waals surface area contributed by atoms with Crippen molar-refractivity contribution in [1.82, 2.24) is 9.97 Å². The van der Waals surface area contributed by atoms with Crippen LogP contribution in [0.3, 0.4) is 0 Å². The first-order valence-corrected chi connectivity index (χ1v) is 3.61. The fraction of sp³-hybridized carbons (Fsp3) is 0.167. The molecule has 0 amide bonds. The SMILES string of the molecule is O=CC(Br)c1ccncn1. The highest BCUT2D eigenvalue weighted by Crippen LogP contribution is 2.15.